The molecule has 5 aromatic carbocycles. The number of aromatic nitrogens is 6. The molecule has 0 saturated carbocycles. The molecule has 0 aliphatic rings. The zero-order chi connectivity index (χ0) is 39.7. The van der Waals surface area contributed by atoms with Crippen LogP contribution in [0.5, 0.6) is 11.5 Å². The van der Waals surface area contributed by atoms with Crippen LogP contribution in [0.2, 0.25) is 0 Å². The fraction of sp³-hybridized carbons (Fsp3) is 0.260. The summed E-state index contributed by atoms with van der Waals surface area (Å²) in [6.45, 7) is 20.0. The van der Waals surface area contributed by atoms with Crippen molar-refractivity contribution < 1.29 is 25.8 Å². The van der Waals surface area contributed by atoms with E-state index in [0.29, 0.717) is 23.3 Å². The molecule has 0 N–H and O–H groups in total. The monoisotopic (exact) mass is 943 g/mol. The van der Waals surface area contributed by atoms with Crippen molar-refractivity contribution in [3.8, 4) is 28.7 Å². The van der Waals surface area contributed by atoms with E-state index < -0.39 is 0 Å². The van der Waals surface area contributed by atoms with Gasteiger partial charge >= 0.3 is 21.1 Å². The molecule has 0 spiro atoms. The number of para-hydroxylation sites is 1. The van der Waals surface area contributed by atoms with Gasteiger partial charge in [0.1, 0.15) is 5.82 Å². The zero-order valence-corrected chi connectivity index (χ0v) is 36.9. The molecular formula is C50H48N6OPt. The second-order valence-corrected chi connectivity index (χ2v) is 16.3. The summed E-state index contributed by atoms with van der Waals surface area (Å²) in [5, 5.41) is 14.3. The third-order valence-corrected chi connectivity index (χ3v) is 11.3. The Labute approximate surface area is 354 Å². The average molecular weight is 944 g/mol. The number of benzene rings is 5. The molecule has 0 unspecified atom stereocenters. The first kappa shape index (κ1) is 39.3. The van der Waals surface area contributed by atoms with Crippen LogP contribution < -0.4 is 4.74 Å². The maximum absolute atomic E-state index is 6.49. The molecule has 294 valence electrons. The van der Waals surface area contributed by atoms with Crippen molar-refractivity contribution in [3.63, 3.8) is 0 Å². The first-order chi connectivity index (χ1) is 27.5. The summed E-state index contributed by atoms with van der Waals surface area (Å²) in [6.07, 6.45) is 2.75. The maximum Gasteiger partial charge on any atom is 2.00 e. The number of hydrogen-bond acceptors (Lipinski definition) is 4. The molecular weight excluding hydrogens is 896 g/mol. The molecule has 9 aromatic rings. The van der Waals surface area contributed by atoms with Crippen LogP contribution in [0.15, 0.2) is 97.2 Å². The number of aryl methyl sites for hydroxylation is 3. The van der Waals surface area contributed by atoms with E-state index in [2.05, 4.69) is 150 Å². The first-order valence-corrected chi connectivity index (χ1v) is 20.2. The smallest absolute Gasteiger partial charge is 0.509 e. The predicted molar refractivity (Wildman–Crippen MR) is 233 cm³/mol. The van der Waals surface area contributed by atoms with E-state index in [-0.39, 0.29) is 27.0 Å². The third-order valence-electron chi connectivity index (χ3n) is 11.3. The van der Waals surface area contributed by atoms with Crippen molar-refractivity contribution in [2.45, 2.75) is 86.5 Å². The summed E-state index contributed by atoms with van der Waals surface area (Å²) < 4.78 is 11.1. The number of nitrogens with zero attached hydrogens (tertiary/aromatic N) is 6. The third kappa shape index (κ3) is 6.63. The Morgan fingerprint density at radius 1 is 0.638 bits per heavy atom. The topological polar surface area (TPSA) is 62.7 Å². The summed E-state index contributed by atoms with van der Waals surface area (Å²) in [4.78, 5) is 6.69. The van der Waals surface area contributed by atoms with Crippen molar-refractivity contribution in [1.82, 2.24) is 29.1 Å². The molecule has 0 fully saturated rings. The SMILES string of the molecule is CCc1nn(-c2[c-]c(Oc3[c-]c4c(cc3)c3ccccc3n4-c3cc(-n4c5c(C)cc(C(C)C)cc5c5cc(C(C)C)cc(C)c54)ccn3)ccc2)nc1C(C)C.[Pt+2]. The van der Waals surface area contributed by atoms with Crippen molar-refractivity contribution in [3.05, 3.63) is 143 Å². The minimum absolute atomic E-state index is 0. The minimum Gasteiger partial charge on any atom is -0.509 e. The zero-order valence-electron chi connectivity index (χ0n) is 34.6. The van der Waals surface area contributed by atoms with Gasteiger partial charge in [0.15, 0.2) is 0 Å². The maximum atomic E-state index is 6.49. The van der Waals surface area contributed by atoms with E-state index in [1.165, 1.54) is 44.1 Å². The van der Waals surface area contributed by atoms with Crippen LogP contribution in [0.4, 0.5) is 0 Å². The summed E-state index contributed by atoms with van der Waals surface area (Å²) in [5.74, 6) is 3.08. The van der Waals surface area contributed by atoms with Crippen LogP contribution in [0.3, 0.4) is 0 Å². The van der Waals surface area contributed by atoms with Gasteiger partial charge in [-0.2, -0.15) is 27.1 Å². The molecule has 0 radical (unpaired) electrons. The molecule has 0 amide bonds. The molecule has 0 aliphatic carbocycles. The molecule has 8 heteroatoms. The number of pyridine rings is 1. The molecule has 4 aromatic heterocycles. The van der Waals surface area contributed by atoms with E-state index in [4.69, 9.17) is 19.9 Å². The van der Waals surface area contributed by atoms with Crippen molar-refractivity contribution in [2.24, 2.45) is 0 Å². The molecule has 0 bridgehead atoms. The van der Waals surface area contributed by atoms with E-state index >= 15 is 0 Å². The Kier molecular flexibility index (Phi) is 10.4. The average Bonchev–Trinajstić information content (AvgIpc) is 3.89. The van der Waals surface area contributed by atoms with Crippen LogP contribution in [-0.2, 0) is 27.5 Å². The summed E-state index contributed by atoms with van der Waals surface area (Å²) in [6, 6.07) is 39.3. The molecule has 0 atom stereocenters. The van der Waals surface area contributed by atoms with Gasteiger partial charge in [0.25, 0.3) is 0 Å². The second kappa shape index (κ2) is 15.3. The Morgan fingerprint density at radius 2 is 1.31 bits per heavy atom. The molecule has 7 nitrogen and oxygen atoms in total. The Hall–Kier alpha value is -5.52. The van der Waals surface area contributed by atoms with Crippen LogP contribution >= 0.6 is 0 Å². The predicted octanol–water partition coefficient (Wildman–Crippen LogP) is 12.8. The summed E-state index contributed by atoms with van der Waals surface area (Å²) in [5.41, 5.74) is 13.4. The van der Waals surface area contributed by atoms with E-state index in [1.807, 2.05) is 30.5 Å². The minimum atomic E-state index is 0. The fourth-order valence-electron chi connectivity index (χ4n) is 8.38. The van der Waals surface area contributed by atoms with Gasteiger partial charge in [-0.25, -0.2) is 4.98 Å². The van der Waals surface area contributed by atoms with Crippen LogP contribution in [0.25, 0.3) is 60.8 Å². The normalized spacial score (nSPS) is 11.9. The van der Waals surface area contributed by atoms with Gasteiger partial charge in [0, 0.05) is 40.1 Å². The van der Waals surface area contributed by atoms with Crippen molar-refractivity contribution >= 4 is 43.6 Å². The van der Waals surface area contributed by atoms with Gasteiger partial charge in [-0.15, -0.1) is 35.7 Å². The summed E-state index contributed by atoms with van der Waals surface area (Å²) >= 11 is 0. The fourth-order valence-corrected chi connectivity index (χ4v) is 8.38. The van der Waals surface area contributed by atoms with Gasteiger partial charge < -0.3 is 13.9 Å². The number of hydrogen-bond donors (Lipinski definition) is 0. The van der Waals surface area contributed by atoms with Crippen LogP contribution in [0, 0.1) is 26.0 Å². The molecule has 4 heterocycles. The number of rotatable bonds is 9. The summed E-state index contributed by atoms with van der Waals surface area (Å²) in [7, 11) is 0. The Bertz CT molecular complexity index is 2930. The standard InChI is InChI=1S/C50H48N6O.Pt/c1-10-44-48(31(6)7)53-56(52-44)37-14-13-15-38(26-37)57-39-18-19-41-40-16-11-12-17-45(40)55(46(41)28-39)47-27-36(20-21-51-47)54-49-32(8)22-34(29(2)3)24-42(49)43-25-35(30(4)5)23-33(9)50(43)54;/h11-25,27,29-31H,10H2,1-9H3;/q-2;+2. The molecule has 58 heavy (non-hydrogen) atoms. The van der Waals surface area contributed by atoms with Gasteiger partial charge in [-0.05, 0) is 95.6 Å². The Morgan fingerprint density at radius 3 is 1.95 bits per heavy atom. The molecule has 0 saturated heterocycles. The van der Waals surface area contributed by atoms with E-state index in [9.17, 15) is 0 Å². The van der Waals surface area contributed by atoms with Crippen molar-refractivity contribution in [1.29, 1.82) is 0 Å². The van der Waals surface area contributed by atoms with Crippen molar-refractivity contribution in [2.75, 3.05) is 0 Å². The van der Waals surface area contributed by atoms with Gasteiger partial charge in [0.05, 0.1) is 28.1 Å². The number of fused-ring (bicyclic) bond motifs is 6. The largest absolute Gasteiger partial charge is 2.00 e. The molecule has 0 aliphatic heterocycles. The molecule has 9 rings (SSSR count). The van der Waals surface area contributed by atoms with E-state index in [1.54, 1.807) is 4.80 Å². The Balaban J connectivity index is 0.00000469. The van der Waals surface area contributed by atoms with Gasteiger partial charge in [-0.3, -0.25) is 0 Å². The van der Waals surface area contributed by atoms with E-state index in [0.717, 1.165) is 56.8 Å². The van der Waals surface area contributed by atoms with Gasteiger partial charge in [0.2, 0.25) is 0 Å². The quantitative estimate of drug-likeness (QED) is 0.135. The first-order valence-electron chi connectivity index (χ1n) is 20.2. The number of ether oxygens (including phenoxy) is 1. The van der Waals surface area contributed by atoms with Gasteiger partial charge in [-0.1, -0.05) is 84.3 Å². The second-order valence-electron chi connectivity index (χ2n) is 16.3. The van der Waals surface area contributed by atoms with Crippen LogP contribution in [-0.4, -0.2) is 29.1 Å². The van der Waals surface area contributed by atoms with Crippen LogP contribution in [0.1, 0.15) is 99.9 Å².